The SMILES string of the molecule is CCCCCCCCC/C=C\CCCCCCCCCC(=O)OCCCCCCCCCCCCCCCCCCCCCCCCCCCCC(=O)NC(CO)C(O)/C=C/CCCCCCCCCCCCCCCCCCCCCCCC. The number of hydrogen-bond acceptors (Lipinski definition) is 5. The molecule has 0 aromatic carbocycles. The Balaban J connectivity index is 3.37. The fourth-order valence-corrected chi connectivity index (χ4v) is 12.5. The number of rotatable bonds is 74. The van der Waals surface area contributed by atoms with Gasteiger partial charge in [0.1, 0.15) is 0 Å². The Hall–Kier alpha value is -1.66. The molecule has 6 nitrogen and oxygen atoms in total. The van der Waals surface area contributed by atoms with Crippen molar-refractivity contribution in [3.8, 4) is 0 Å². The summed E-state index contributed by atoms with van der Waals surface area (Å²) in [5.41, 5.74) is 0. The Morgan fingerprint density at radius 2 is 0.553 bits per heavy atom. The van der Waals surface area contributed by atoms with E-state index in [-0.39, 0.29) is 18.5 Å². The van der Waals surface area contributed by atoms with Crippen LogP contribution in [0.15, 0.2) is 24.3 Å². The molecule has 0 heterocycles. The van der Waals surface area contributed by atoms with Gasteiger partial charge in [-0.1, -0.05) is 398 Å². The molecule has 3 N–H and O–H groups in total. The van der Waals surface area contributed by atoms with Crippen LogP contribution >= 0.6 is 0 Å². The first kappa shape index (κ1) is 83.3. The lowest BCUT2D eigenvalue weighted by Crippen LogP contribution is -2.45. The van der Waals surface area contributed by atoms with E-state index in [2.05, 4.69) is 31.3 Å². The van der Waals surface area contributed by atoms with Crippen molar-refractivity contribution in [3.05, 3.63) is 24.3 Å². The summed E-state index contributed by atoms with van der Waals surface area (Å²) in [6, 6.07) is -0.628. The van der Waals surface area contributed by atoms with Crippen LogP contribution in [0.2, 0.25) is 0 Å². The molecular weight excluding hydrogens is 1040 g/mol. The lowest BCUT2D eigenvalue weighted by atomic mass is 10.0. The Kier molecular flexibility index (Phi) is 73.3. The minimum atomic E-state index is -0.844. The summed E-state index contributed by atoms with van der Waals surface area (Å²) in [5.74, 6) is -0.0454. The van der Waals surface area contributed by atoms with Gasteiger partial charge in [-0.3, -0.25) is 9.59 Å². The number of carbonyl (C=O) groups is 2. The molecule has 0 aliphatic rings. The van der Waals surface area contributed by atoms with Gasteiger partial charge in [-0.2, -0.15) is 0 Å². The summed E-state index contributed by atoms with van der Waals surface area (Å²) >= 11 is 0. The number of aliphatic hydroxyl groups is 2. The lowest BCUT2D eigenvalue weighted by Gasteiger charge is -2.20. The molecule has 2 unspecified atom stereocenters. The number of nitrogens with one attached hydrogen (secondary N) is 1. The molecule has 0 rings (SSSR count). The maximum atomic E-state index is 12.6. The van der Waals surface area contributed by atoms with E-state index in [1.807, 2.05) is 6.08 Å². The highest BCUT2D eigenvalue weighted by atomic mass is 16.5. The fourth-order valence-electron chi connectivity index (χ4n) is 12.5. The van der Waals surface area contributed by atoms with Crippen LogP contribution in [0.5, 0.6) is 0 Å². The van der Waals surface area contributed by atoms with Gasteiger partial charge < -0.3 is 20.3 Å². The van der Waals surface area contributed by atoms with Gasteiger partial charge in [-0.05, 0) is 57.8 Å². The Morgan fingerprint density at radius 1 is 0.318 bits per heavy atom. The number of unbranched alkanes of at least 4 members (excludes halogenated alkanes) is 61. The quantitative estimate of drug-likeness (QED) is 0.0320. The smallest absolute Gasteiger partial charge is 0.305 e. The van der Waals surface area contributed by atoms with Crippen molar-refractivity contribution in [1.29, 1.82) is 0 Å². The van der Waals surface area contributed by atoms with E-state index in [0.717, 1.165) is 44.9 Å². The molecule has 0 aliphatic carbocycles. The van der Waals surface area contributed by atoms with Crippen LogP contribution in [0.3, 0.4) is 0 Å². The second-order valence-corrected chi connectivity index (χ2v) is 27.0. The minimum Gasteiger partial charge on any atom is -0.466 e. The summed E-state index contributed by atoms with van der Waals surface area (Å²) in [4.78, 5) is 24.7. The zero-order valence-electron chi connectivity index (χ0n) is 57.9. The van der Waals surface area contributed by atoms with E-state index in [1.165, 1.54) is 372 Å². The summed E-state index contributed by atoms with van der Waals surface area (Å²) < 4.78 is 5.51. The van der Waals surface area contributed by atoms with Gasteiger partial charge in [0.15, 0.2) is 0 Å². The van der Waals surface area contributed by atoms with Gasteiger partial charge in [0.05, 0.1) is 25.4 Å². The molecule has 1 amide bonds. The largest absolute Gasteiger partial charge is 0.466 e. The van der Waals surface area contributed by atoms with Crippen LogP contribution in [-0.2, 0) is 14.3 Å². The lowest BCUT2D eigenvalue weighted by molar-refractivity contribution is -0.143. The number of allylic oxidation sites excluding steroid dienone is 3. The van der Waals surface area contributed by atoms with Gasteiger partial charge in [0.2, 0.25) is 5.91 Å². The van der Waals surface area contributed by atoms with Crippen LogP contribution in [0.4, 0.5) is 0 Å². The number of aliphatic hydroxyl groups excluding tert-OH is 2. The Bertz CT molecular complexity index is 1330. The number of carbonyl (C=O) groups excluding carboxylic acids is 2. The predicted molar refractivity (Wildman–Crippen MR) is 375 cm³/mol. The molecular formula is C79H153NO5. The molecule has 0 radical (unpaired) electrons. The van der Waals surface area contributed by atoms with E-state index in [1.54, 1.807) is 6.08 Å². The third kappa shape index (κ3) is 71.3. The fraction of sp³-hybridized carbons (Fsp3) is 0.924. The van der Waals surface area contributed by atoms with Crippen LogP contribution in [0, 0.1) is 0 Å². The molecule has 0 spiro atoms. The van der Waals surface area contributed by atoms with Crippen molar-refractivity contribution < 1.29 is 24.5 Å². The zero-order chi connectivity index (χ0) is 61.3. The number of amides is 1. The second kappa shape index (κ2) is 74.8. The molecule has 0 saturated heterocycles. The molecule has 0 fully saturated rings. The topological polar surface area (TPSA) is 95.9 Å². The maximum Gasteiger partial charge on any atom is 0.305 e. The van der Waals surface area contributed by atoms with E-state index >= 15 is 0 Å². The molecule has 85 heavy (non-hydrogen) atoms. The highest BCUT2D eigenvalue weighted by molar-refractivity contribution is 5.76. The molecule has 504 valence electrons. The van der Waals surface area contributed by atoms with Crippen molar-refractivity contribution in [2.75, 3.05) is 13.2 Å². The first-order valence-electron chi connectivity index (χ1n) is 39.1. The highest BCUT2D eigenvalue weighted by Gasteiger charge is 2.18. The van der Waals surface area contributed by atoms with E-state index in [4.69, 9.17) is 4.74 Å². The second-order valence-electron chi connectivity index (χ2n) is 27.0. The average Bonchev–Trinajstić information content (AvgIpc) is 3.51. The van der Waals surface area contributed by atoms with Gasteiger partial charge in [-0.25, -0.2) is 0 Å². The van der Waals surface area contributed by atoms with Gasteiger partial charge in [0.25, 0.3) is 0 Å². The molecule has 0 bridgehead atoms. The van der Waals surface area contributed by atoms with Crippen molar-refractivity contribution in [2.24, 2.45) is 0 Å². The van der Waals surface area contributed by atoms with Crippen LogP contribution < -0.4 is 5.32 Å². The van der Waals surface area contributed by atoms with Crippen LogP contribution in [0.25, 0.3) is 0 Å². The molecule has 0 aromatic rings. The molecule has 0 saturated carbocycles. The third-order valence-corrected chi connectivity index (χ3v) is 18.5. The van der Waals surface area contributed by atoms with Gasteiger partial charge >= 0.3 is 5.97 Å². The van der Waals surface area contributed by atoms with Crippen molar-refractivity contribution in [1.82, 2.24) is 5.32 Å². The third-order valence-electron chi connectivity index (χ3n) is 18.5. The van der Waals surface area contributed by atoms with Crippen molar-refractivity contribution in [2.45, 2.75) is 456 Å². The summed E-state index contributed by atoms with van der Waals surface area (Å²) in [5, 5.41) is 23.3. The van der Waals surface area contributed by atoms with Crippen LogP contribution in [-0.4, -0.2) is 47.4 Å². The summed E-state index contributed by atoms with van der Waals surface area (Å²) in [6.45, 7) is 4.95. The number of hydrogen-bond donors (Lipinski definition) is 3. The maximum absolute atomic E-state index is 12.6. The average molecular weight is 1200 g/mol. The highest BCUT2D eigenvalue weighted by Crippen LogP contribution is 2.20. The van der Waals surface area contributed by atoms with E-state index in [0.29, 0.717) is 19.4 Å². The number of ether oxygens (including phenoxy) is 1. The standard InChI is InChI=1S/C79H153NO5/c1-3-5-7-9-11-13-15-17-19-21-23-24-25-30-33-36-39-43-47-51-55-59-63-67-71-77(82)76(75-81)80-78(83)72-68-64-60-56-52-48-44-40-37-34-31-28-26-27-29-32-35-38-42-46-50-54-58-62-66-70-74-85-79(84)73-69-65-61-57-53-49-45-41-22-20-18-16-14-12-10-8-6-4-2/h20,22,67,71,76-77,81-82H,3-19,21,23-66,68-70,72-75H2,1-2H3,(H,80,83)/b22-20-,71-67+. The van der Waals surface area contributed by atoms with Crippen molar-refractivity contribution >= 4 is 11.9 Å². The molecule has 6 heteroatoms. The van der Waals surface area contributed by atoms with Crippen molar-refractivity contribution in [3.63, 3.8) is 0 Å². The first-order chi connectivity index (χ1) is 42.0. The Morgan fingerprint density at radius 3 is 0.835 bits per heavy atom. The van der Waals surface area contributed by atoms with E-state index in [9.17, 15) is 19.8 Å². The minimum absolute atomic E-state index is 0.0151. The Labute approximate surface area is 532 Å². The van der Waals surface area contributed by atoms with E-state index < -0.39 is 12.1 Å². The first-order valence-corrected chi connectivity index (χ1v) is 39.1. The van der Waals surface area contributed by atoms with Crippen LogP contribution in [0.1, 0.15) is 444 Å². The number of esters is 1. The molecule has 0 aromatic heterocycles. The van der Waals surface area contributed by atoms with Gasteiger partial charge in [0, 0.05) is 12.8 Å². The predicted octanol–water partition coefficient (Wildman–Crippen LogP) is 25.7. The monoisotopic (exact) mass is 1200 g/mol. The molecule has 0 aliphatic heterocycles. The summed E-state index contributed by atoms with van der Waals surface area (Å²) in [7, 11) is 0. The zero-order valence-corrected chi connectivity index (χ0v) is 57.9. The molecule has 2 atom stereocenters. The normalized spacial score (nSPS) is 12.6. The van der Waals surface area contributed by atoms with Gasteiger partial charge in [-0.15, -0.1) is 0 Å². The summed E-state index contributed by atoms with van der Waals surface area (Å²) in [6.07, 6.45) is 95.7.